The molecule has 0 amide bonds. The van der Waals surface area contributed by atoms with Crippen molar-refractivity contribution in [2.24, 2.45) is 0 Å². The van der Waals surface area contributed by atoms with Gasteiger partial charge < -0.3 is 35.2 Å². The van der Waals surface area contributed by atoms with Crippen molar-refractivity contribution in [1.82, 2.24) is 5.32 Å². The van der Waals surface area contributed by atoms with Crippen molar-refractivity contribution in [3.63, 3.8) is 0 Å². The van der Waals surface area contributed by atoms with Crippen molar-refractivity contribution in [2.75, 3.05) is 13.1 Å². The summed E-state index contributed by atoms with van der Waals surface area (Å²) in [6.45, 7) is 0.214. The van der Waals surface area contributed by atoms with Crippen LogP contribution in [0.4, 0.5) is 8.78 Å². The molecule has 0 saturated heterocycles. The standard InChI is InChI=1S/C22H25F2NO6/c23-12-2-4-19-13(6-12)15(26)8-22(30-19)18(29)10-25-9-17(28)20-3-1-11-5-16(27)14(24)7-21(11)31-20/h2,4-7,15,17-18,20,22,25-29H,1,3,8-10H2/t15-,17+,18+,20?,22+/m1/s1. The van der Waals surface area contributed by atoms with E-state index in [1.54, 1.807) is 0 Å². The monoisotopic (exact) mass is 437 g/mol. The number of hydrogen-bond donors (Lipinski definition) is 5. The molecule has 2 aliphatic heterocycles. The molecular formula is C22H25F2NO6. The van der Waals surface area contributed by atoms with Crippen LogP contribution in [0.1, 0.15) is 30.1 Å². The Kier molecular flexibility index (Phi) is 6.29. The number of halogens is 2. The quantitative estimate of drug-likeness (QED) is 0.466. The number of rotatable bonds is 6. The van der Waals surface area contributed by atoms with E-state index in [2.05, 4.69) is 5.32 Å². The molecule has 5 N–H and O–H groups in total. The smallest absolute Gasteiger partial charge is 0.168 e. The number of benzene rings is 2. The molecule has 168 valence electrons. The highest BCUT2D eigenvalue weighted by Gasteiger charge is 2.32. The SMILES string of the molecule is Oc1cc2c(cc1F)OC([C@@H](O)CNC[C@H](O)[C@@H]1C[C@@H](O)c3cc(F)ccc3O1)CC2. The third kappa shape index (κ3) is 4.74. The molecule has 2 heterocycles. The average molecular weight is 437 g/mol. The first kappa shape index (κ1) is 21.8. The maximum atomic E-state index is 13.6. The summed E-state index contributed by atoms with van der Waals surface area (Å²) in [5.41, 5.74) is 1.03. The van der Waals surface area contributed by atoms with Crippen LogP contribution in [0.3, 0.4) is 0 Å². The first-order valence-corrected chi connectivity index (χ1v) is 10.2. The zero-order valence-electron chi connectivity index (χ0n) is 16.7. The Morgan fingerprint density at radius 1 is 1.00 bits per heavy atom. The minimum absolute atomic E-state index is 0.0940. The normalized spacial score (nSPS) is 24.4. The number of aliphatic hydroxyl groups excluding tert-OH is 3. The van der Waals surface area contributed by atoms with Crippen molar-refractivity contribution in [3.8, 4) is 17.2 Å². The van der Waals surface area contributed by atoms with E-state index in [4.69, 9.17) is 9.47 Å². The molecule has 0 aliphatic carbocycles. The third-order valence-corrected chi connectivity index (χ3v) is 5.74. The Labute approximate surface area is 177 Å². The molecule has 9 heteroatoms. The van der Waals surface area contributed by atoms with Crippen molar-refractivity contribution < 1.29 is 38.7 Å². The van der Waals surface area contributed by atoms with Gasteiger partial charge in [-0.2, -0.15) is 0 Å². The minimum atomic E-state index is -0.967. The molecule has 2 aliphatic rings. The molecule has 7 nitrogen and oxygen atoms in total. The lowest BCUT2D eigenvalue weighted by molar-refractivity contribution is -0.0175. The molecule has 0 radical (unpaired) electrons. The van der Waals surface area contributed by atoms with Gasteiger partial charge in [-0.05, 0) is 42.7 Å². The number of aliphatic hydroxyl groups is 3. The second-order valence-corrected chi connectivity index (χ2v) is 7.99. The predicted molar refractivity (Wildman–Crippen MR) is 106 cm³/mol. The number of phenols is 1. The highest BCUT2D eigenvalue weighted by Crippen LogP contribution is 2.36. The Hall–Kier alpha value is -2.46. The van der Waals surface area contributed by atoms with Crippen LogP contribution in [0.25, 0.3) is 0 Å². The van der Waals surface area contributed by atoms with E-state index < -0.39 is 47.9 Å². The van der Waals surface area contributed by atoms with E-state index >= 15 is 0 Å². The molecule has 2 aromatic carbocycles. The number of phenolic OH excluding ortho intramolecular Hbond substituents is 1. The van der Waals surface area contributed by atoms with Crippen LogP contribution in [-0.4, -0.2) is 57.9 Å². The summed E-state index contributed by atoms with van der Waals surface area (Å²) in [7, 11) is 0. The topological polar surface area (TPSA) is 111 Å². The predicted octanol–water partition coefficient (Wildman–Crippen LogP) is 1.56. The maximum Gasteiger partial charge on any atom is 0.168 e. The summed E-state index contributed by atoms with van der Waals surface area (Å²) >= 11 is 0. The third-order valence-electron chi connectivity index (χ3n) is 5.74. The van der Waals surface area contributed by atoms with Crippen LogP contribution in [0.2, 0.25) is 0 Å². The number of hydrogen-bond acceptors (Lipinski definition) is 7. The summed E-state index contributed by atoms with van der Waals surface area (Å²) < 4.78 is 38.3. The van der Waals surface area contributed by atoms with E-state index in [1.165, 1.54) is 24.3 Å². The first-order chi connectivity index (χ1) is 14.8. The molecule has 0 bridgehead atoms. The summed E-state index contributed by atoms with van der Waals surface area (Å²) in [5, 5.41) is 43.5. The van der Waals surface area contributed by atoms with E-state index in [0.29, 0.717) is 35.5 Å². The minimum Gasteiger partial charge on any atom is -0.505 e. The average Bonchev–Trinajstić information content (AvgIpc) is 2.74. The lowest BCUT2D eigenvalue weighted by Crippen LogP contribution is -2.46. The van der Waals surface area contributed by atoms with E-state index in [-0.39, 0.29) is 19.5 Å². The summed E-state index contributed by atoms with van der Waals surface area (Å²) in [4.78, 5) is 0. The van der Waals surface area contributed by atoms with Crippen molar-refractivity contribution in [2.45, 2.75) is 49.8 Å². The Bertz CT molecular complexity index is 942. The van der Waals surface area contributed by atoms with Gasteiger partial charge in [0.15, 0.2) is 11.6 Å². The van der Waals surface area contributed by atoms with Crippen LogP contribution in [0.5, 0.6) is 17.2 Å². The second-order valence-electron chi connectivity index (χ2n) is 7.99. The van der Waals surface area contributed by atoms with Crippen molar-refractivity contribution in [3.05, 3.63) is 53.1 Å². The zero-order chi connectivity index (χ0) is 22.1. The fraction of sp³-hybridized carbons (Fsp3) is 0.455. The van der Waals surface area contributed by atoms with Crippen LogP contribution < -0.4 is 14.8 Å². The van der Waals surface area contributed by atoms with Crippen molar-refractivity contribution >= 4 is 0 Å². The van der Waals surface area contributed by atoms with Crippen LogP contribution in [-0.2, 0) is 6.42 Å². The van der Waals surface area contributed by atoms with Gasteiger partial charge in [0, 0.05) is 31.1 Å². The summed E-state index contributed by atoms with van der Waals surface area (Å²) in [5.74, 6) is -1.06. The second kappa shape index (κ2) is 8.96. The van der Waals surface area contributed by atoms with Gasteiger partial charge in [-0.1, -0.05) is 0 Å². The lowest BCUT2D eigenvalue weighted by atomic mass is 9.96. The first-order valence-electron chi connectivity index (χ1n) is 10.2. The zero-order valence-corrected chi connectivity index (χ0v) is 16.7. The number of aryl methyl sites for hydroxylation is 1. The van der Waals surface area contributed by atoms with E-state index in [1.807, 2.05) is 0 Å². The molecule has 0 spiro atoms. The van der Waals surface area contributed by atoms with Gasteiger partial charge >= 0.3 is 0 Å². The Morgan fingerprint density at radius 2 is 1.71 bits per heavy atom. The van der Waals surface area contributed by atoms with Gasteiger partial charge in [-0.15, -0.1) is 0 Å². The van der Waals surface area contributed by atoms with Gasteiger partial charge in [0.2, 0.25) is 0 Å². The molecular weight excluding hydrogens is 412 g/mol. The number of fused-ring (bicyclic) bond motifs is 2. The highest BCUT2D eigenvalue weighted by atomic mass is 19.1. The van der Waals surface area contributed by atoms with Crippen molar-refractivity contribution in [1.29, 1.82) is 0 Å². The molecule has 0 fully saturated rings. The molecule has 1 unspecified atom stereocenters. The van der Waals surface area contributed by atoms with Crippen LogP contribution in [0.15, 0.2) is 30.3 Å². The molecule has 5 atom stereocenters. The Balaban J connectivity index is 1.27. The van der Waals surface area contributed by atoms with E-state index in [0.717, 1.165) is 6.07 Å². The molecule has 4 rings (SSSR count). The molecule has 31 heavy (non-hydrogen) atoms. The summed E-state index contributed by atoms with van der Waals surface area (Å²) in [6, 6.07) is 6.30. The van der Waals surface area contributed by atoms with Crippen LogP contribution in [0, 0.1) is 11.6 Å². The van der Waals surface area contributed by atoms with Crippen LogP contribution >= 0.6 is 0 Å². The largest absolute Gasteiger partial charge is 0.505 e. The van der Waals surface area contributed by atoms with Gasteiger partial charge in [0.25, 0.3) is 0 Å². The van der Waals surface area contributed by atoms with E-state index in [9.17, 15) is 29.2 Å². The molecule has 0 aromatic heterocycles. The number of aromatic hydroxyl groups is 1. The number of nitrogens with one attached hydrogen (secondary N) is 1. The fourth-order valence-electron chi connectivity index (χ4n) is 4.01. The molecule has 0 saturated carbocycles. The van der Waals surface area contributed by atoms with Gasteiger partial charge in [-0.3, -0.25) is 0 Å². The fourth-order valence-corrected chi connectivity index (χ4v) is 4.01. The summed E-state index contributed by atoms with van der Waals surface area (Å²) in [6.07, 6.45) is -2.93. The highest BCUT2D eigenvalue weighted by molar-refractivity contribution is 5.42. The molecule has 2 aromatic rings. The number of ether oxygens (including phenoxy) is 2. The lowest BCUT2D eigenvalue weighted by Gasteiger charge is -2.33. The van der Waals surface area contributed by atoms with Gasteiger partial charge in [-0.25, -0.2) is 8.78 Å². The Morgan fingerprint density at radius 3 is 2.48 bits per heavy atom. The van der Waals surface area contributed by atoms with Gasteiger partial charge in [0.1, 0.15) is 41.7 Å². The van der Waals surface area contributed by atoms with Gasteiger partial charge in [0.05, 0.1) is 6.10 Å². The maximum absolute atomic E-state index is 13.6.